The summed E-state index contributed by atoms with van der Waals surface area (Å²) in [4.78, 5) is 38.7. The smallest absolute Gasteiger partial charge is 0.408 e. The van der Waals surface area contributed by atoms with Gasteiger partial charge in [-0.2, -0.15) is 0 Å². The molecule has 1 saturated heterocycles. The van der Waals surface area contributed by atoms with E-state index in [1.165, 1.54) is 0 Å². The Bertz CT molecular complexity index is 1260. The van der Waals surface area contributed by atoms with Crippen LogP contribution in [0.5, 0.6) is 0 Å². The molecule has 10 heteroatoms. The molecule has 1 spiro atoms. The van der Waals surface area contributed by atoms with Gasteiger partial charge in [-0.25, -0.2) is 17.5 Å². The first-order valence-electron chi connectivity index (χ1n) is 15.9. The van der Waals surface area contributed by atoms with Gasteiger partial charge in [-0.15, -0.1) is 0 Å². The number of esters is 1. The third kappa shape index (κ3) is 7.55. The lowest BCUT2D eigenvalue weighted by Gasteiger charge is -2.37. The predicted molar refractivity (Wildman–Crippen MR) is 164 cm³/mol. The van der Waals surface area contributed by atoms with E-state index in [0.29, 0.717) is 31.6 Å². The number of benzene rings is 1. The van der Waals surface area contributed by atoms with E-state index in [0.717, 1.165) is 54.8 Å². The van der Waals surface area contributed by atoms with Crippen molar-refractivity contribution < 1.29 is 32.3 Å². The van der Waals surface area contributed by atoms with Gasteiger partial charge < -0.3 is 14.8 Å². The Balaban J connectivity index is 1.34. The molecule has 43 heavy (non-hydrogen) atoms. The fraction of sp³-hybridized carbons (Fsp3) is 0.727. The SMILES string of the molecule is CC(C)(C)OC(=O)CCCCCCCC[C@H](NC(=O)OCc1ccccc1)C(=O)N1[C@@H]2C[C@H]3CC[C@]2(CS1(=O)=O)C3(C)C. The van der Waals surface area contributed by atoms with Crippen LogP contribution in [0.3, 0.4) is 0 Å². The number of ether oxygens (including phenoxy) is 2. The highest BCUT2D eigenvalue weighted by atomic mass is 32.2. The summed E-state index contributed by atoms with van der Waals surface area (Å²) in [7, 11) is -3.81. The molecule has 2 amide bonds. The third-order valence-corrected chi connectivity index (χ3v) is 11.9. The number of hydrogen-bond acceptors (Lipinski definition) is 7. The minimum Gasteiger partial charge on any atom is -0.460 e. The molecular weight excluding hydrogens is 568 g/mol. The van der Waals surface area contributed by atoms with Gasteiger partial charge in [0.15, 0.2) is 0 Å². The molecule has 1 aliphatic heterocycles. The second-order valence-electron chi connectivity index (χ2n) is 14.3. The van der Waals surface area contributed by atoms with E-state index in [4.69, 9.17) is 9.47 Å². The van der Waals surface area contributed by atoms with E-state index in [-0.39, 0.29) is 29.8 Å². The van der Waals surface area contributed by atoms with Gasteiger partial charge in [-0.1, -0.05) is 76.3 Å². The largest absolute Gasteiger partial charge is 0.460 e. The first-order valence-corrected chi connectivity index (χ1v) is 17.5. The van der Waals surface area contributed by atoms with Gasteiger partial charge in [0.1, 0.15) is 18.2 Å². The average molecular weight is 619 g/mol. The van der Waals surface area contributed by atoms with Crippen molar-refractivity contribution in [3.63, 3.8) is 0 Å². The molecule has 0 unspecified atom stereocenters. The first kappa shape index (κ1) is 33.3. The van der Waals surface area contributed by atoms with Gasteiger partial charge in [-0.05, 0) is 69.8 Å². The summed E-state index contributed by atoms with van der Waals surface area (Å²) in [5, 5.41) is 2.72. The number of fused-ring (bicyclic) bond motifs is 1. The van der Waals surface area contributed by atoms with Crippen molar-refractivity contribution in [3.8, 4) is 0 Å². The Morgan fingerprint density at radius 1 is 1.02 bits per heavy atom. The molecule has 1 aromatic carbocycles. The van der Waals surface area contributed by atoms with E-state index >= 15 is 0 Å². The van der Waals surface area contributed by atoms with Crippen molar-refractivity contribution in [1.29, 1.82) is 0 Å². The fourth-order valence-corrected chi connectivity index (χ4v) is 10.2. The summed E-state index contributed by atoms with van der Waals surface area (Å²) < 4.78 is 38.9. The first-order chi connectivity index (χ1) is 20.2. The van der Waals surface area contributed by atoms with Gasteiger partial charge in [0.05, 0.1) is 11.8 Å². The van der Waals surface area contributed by atoms with Crippen LogP contribution in [-0.4, -0.2) is 54.1 Å². The van der Waals surface area contributed by atoms with Crippen LogP contribution in [0.1, 0.15) is 111 Å². The Labute approximate surface area is 257 Å². The maximum Gasteiger partial charge on any atom is 0.408 e. The topological polar surface area (TPSA) is 119 Å². The standard InChI is InChI=1S/C33H50N2O7S/c1-31(2,3)42-28(36)18-14-9-7-6-8-13-17-26(34-30(38)41-22-24-15-11-10-12-16-24)29(37)35-27-21-25-19-20-33(27,32(25,4)5)23-43(35,39)40/h10-12,15-16,25-27H,6-9,13-14,17-23H2,1-5H3,(H,34,38)/t25-,26+,27-,33-/m1/s1. The summed E-state index contributed by atoms with van der Waals surface area (Å²) in [6.45, 7) is 9.93. The molecule has 3 aliphatic rings. The van der Waals surface area contributed by atoms with E-state index in [1.807, 2.05) is 51.1 Å². The lowest BCUT2D eigenvalue weighted by Crippen LogP contribution is -2.53. The molecule has 4 rings (SSSR count). The number of carbonyl (C=O) groups excluding carboxylic acids is 3. The summed E-state index contributed by atoms with van der Waals surface area (Å²) >= 11 is 0. The number of nitrogens with one attached hydrogen (secondary N) is 1. The van der Waals surface area contributed by atoms with E-state index < -0.39 is 39.1 Å². The lowest BCUT2D eigenvalue weighted by atomic mass is 9.69. The molecular formula is C33H50N2O7S. The highest BCUT2D eigenvalue weighted by Crippen LogP contribution is 2.70. The zero-order valence-corrected chi connectivity index (χ0v) is 27.3. The maximum absolute atomic E-state index is 14.0. The minimum absolute atomic E-state index is 0.00558. The van der Waals surface area contributed by atoms with Crippen LogP contribution in [0.25, 0.3) is 0 Å². The Morgan fingerprint density at radius 2 is 1.67 bits per heavy atom. The van der Waals surface area contributed by atoms with Gasteiger partial charge in [-0.3, -0.25) is 9.59 Å². The van der Waals surface area contributed by atoms with Gasteiger partial charge in [0.2, 0.25) is 10.0 Å². The highest BCUT2D eigenvalue weighted by molar-refractivity contribution is 7.90. The van der Waals surface area contributed by atoms with Crippen LogP contribution in [0.4, 0.5) is 4.79 Å². The van der Waals surface area contributed by atoms with Crippen LogP contribution < -0.4 is 5.32 Å². The van der Waals surface area contributed by atoms with Crippen LogP contribution in [-0.2, 0) is 35.7 Å². The van der Waals surface area contributed by atoms with E-state index in [2.05, 4.69) is 19.2 Å². The van der Waals surface area contributed by atoms with Crippen LogP contribution >= 0.6 is 0 Å². The normalized spacial score (nSPS) is 25.7. The third-order valence-electron chi connectivity index (χ3n) is 9.98. The predicted octanol–water partition coefficient (Wildman–Crippen LogP) is 6.11. The molecule has 0 radical (unpaired) electrons. The number of rotatable bonds is 13. The zero-order chi connectivity index (χ0) is 31.5. The monoisotopic (exact) mass is 618 g/mol. The van der Waals surface area contributed by atoms with Crippen molar-refractivity contribution in [2.24, 2.45) is 16.7 Å². The number of nitrogens with zero attached hydrogens (tertiary/aromatic N) is 1. The van der Waals surface area contributed by atoms with Crippen LogP contribution in [0.2, 0.25) is 0 Å². The summed E-state index contributed by atoms with van der Waals surface area (Å²) in [5.41, 5.74) is -0.235. The molecule has 3 fully saturated rings. The van der Waals surface area contributed by atoms with Gasteiger partial charge >= 0.3 is 12.1 Å². The molecule has 1 heterocycles. The molecule has 9 nitrogen and oxygen atoms in total. The number of hydrogen-bond donors (Lipinski definition) is 1. The molecule has 0 aromatic heterocycles. The van der Waals surface area contributed by atoms with Crippen LogP contribution in [0.15, 0.2) is 30.3 Å². The van der Waals surface area contributed by atoms with Gasteiger partial charge in [0, 0.05) is 11.8 Å². The minimum atomic E-state index is -3.81. The Hall–Kier alpha value is -2.62. The van der Waals surface area contributed by atoms with Crippen molar-refractivity contribution >= 4 is 28.0 Å². The number of carbonyl (C=O) groups is 3. The molecule has 1 aromatic rings. The zero-order valence-electron chi connectivity index (χ0n) is 26.5. The summed E-state index contributed by atoms with van der Waals surface area (Å²) in [5.74, 6) is -0.342. The quantitative estimate of drug-likeness (QED) is 0.209. The van der Waals surface area contributed by atoms with Crippen molar-refractivity contribution in [1.82, 2.24) is 9.62 Å². The molecule has 2 bridgehead atoms. The molecule has 240 valence electrons. The Kier molecular flexibility index (Phi) is 10.2. The lowest BCUT2D eigenvalue weighted by molar-refractivity contribution is -0.154. The molecule has 1 N–H and O–H groups in total. The van der Waals surface area contributed by atoms with Crippen molar-refractivity contribution in [3.05, 3.63) is 35.9 Å². The average Bonchev–Trinajstić information content (AvgIpc) is 3.40. The van der Waals surface area contributed by atoms with Crippen molar-refractivity contribution in [2.75, 3.05) is 5.75 Å². The second kappa shape index (κ2) is 13.2. The number of alkyl carbamates (subject to hydrolysis) is 1. The molecule has 2 aliphatic carbocycles. The summed E-state index contributed by atoms with van der Waals surface area (Å²) in [6.07, 6.45) is 7.48. The molecule has 2 saturated carbocycles. The second-order valence-corrected chi connectivity index (χ2v) is 16.1. The number of sulfonamides is 1. The van der Waals surface area contributed by atoms with Crippen molar-refractivity contribution in [2.45, 2.75) is 130 Å². The molecule has 4 atom stereocenters. The van der Waals surface area contributed by atoms with Gasteiger partial charge in [0.25, 0.3) is 5.91 Å². The number of unbranched alkanes of at least 4 members (excludes halogenated alkanes) is 5. The number of amides is 2. The van der Waals surface area contributed by atoms with Crippen LogP contribution in [0, 0.1) is 16.7 Å². The fourth-order valence-electron chi connectivity index (χ4n) is 7.61. The van der Waals surface area contributed by atoms with E-state index in [9.17, 15) is 22.8 Å². The summed E-state index contributed by atoms with van der Waals surface area (Å²) in [6, 6.07) is 7.93. The Morgan fingerprint density at radius 3 is 2.33 bits per heavy atom. The van der Waals surface area contributed by atoms with E-state index in [1.54, 1.807) is 0 Å². The maximum atomic E-state index is 14.0. The highest BCUT2D eigenvalue weighted by Gasteiger charge is 2.72.